The molecule has 1 aliphatic rings. The van der Waals surface area contributed by atoms with Gasteiger partial charge in [-0.25, -0.2) is 0 Å². The van der Waals surface area contributed by atoms with Crippen molar-refractivity contribution < 1.29 is 22.8 Å². The number of anilines is 1. The van der Waals surface area contributed by atoms with E-state index in [0.717, 1.165) is 17.0 Å². The van der Waals surface area contributed by atoms with Crippen molar-refractivity contribution in [1.82, 2.24) is 0 Å². The molecule has 0 radical (unpaired) electrons. The fraction of sp³-hybridized carbons (Fsp3) is 0.308. The van der Waals surface area contributed by atoms with Gasteiger partial charge < -0.3 is 9.69 Å². The van der Waals surface area contributed by atoms with E-state index < -0.39 is 29.3 Å². The van der Waals surface area contributed by atoms with E-state index in [1.807, 2.05) is 0 Å². The highest BCUT2D eigenvalue weighted by molar-refractivity contribution is 6.00. The van der Waals surface area contributed by atoms with Crippen molar-refractivity contribution in [3.05, 3.63) is 29.3 Å². The maximum atomic E-state index is 12.9. The Kier molecular flexibility index (Phi) is 3.49. The molecule has 7 heteroatoms. The van der Waals surface area contributed by atoms with Gasteiger partial charge in [-0.15, -0.1) is 0 Å². The average molecular weight is 282 g/mol. The van der Waals surface area contributed by atoms with Crippen molar-refractivity contribution in [2.75, 3.05) is 4.90 Å². The summed E-state index contributed by atoms with van der Waals surface area (Å²) in [6.45, 7) is 0. The largest absolute Gasteiger partial charge is 0.417 e. The highest BCUT2D eigenvalue weighted by atomic mass is 19.4. The van der Waals surface area contributed by atoms with Crippen LogP contribution >= 0.6 is 0 Å². The van der Waals surface area contributed by atoms with E-state index in [9.17, 15) is 22.8 Å². The number of halogens is 3. The summed E-state index contributed by atoms with van der Waals surface area (Å²) in [5.74, 6) is -0.403. The first-order chi connectivity index (χ1) is 9.38. The second-order valence-electron chi connectivity index (χ2n) is 4.35. The van der Waals surface area contributed by atoms with Crippen LogP contribution in [-0.4, -0.2) is 18.2 Å². The monoisotopic (exact) mass is 282 g/mol. The quantitative estimate of drug-likeness (QED) is 0.782. The third-order valence-electron chi connectivity index (χ3n) is 3.12. The predicted molar refractivity (Wildman–Crippen MR) is 62.7 cm³/mol. The van der Waals surface area contributed by atoms with Crippen LogP contribution in [0.4, 0.5) is 18.9 Å². The molecule has 0 saturated carbocycles. The smallest absolute Gasteiger partial charge is 0.302 e. The van der Waals surface area contributed by atoms with Crippen LogP contribution in [0.3, 0.4) is 0 Å². The summed E-state index contributed by atoms with van der Waals surface area (Å²) >= 11 is 0. The molecule has 1 atom stereocenters. The maximum absolute atomic E-state index is 12.9. The van der Waals surface area contributed by atoms with E-state index in [1.54, 1.807) is 0 Å². The number of hydrogen-bond donors (Lipinski definition) is 0. The Morgan fingerprint density at radius 1 is 1.40 bits per heavy atom. The third-order valence-corrected chi connectivity index (χ3v) is 3.12. The average Bonchev–Trinajstić information content (AvgIpc) is 2.78. The molecule has 1 heterocycles. The van der Waals surface area contributed by atoms with Crippen LogP contribution in [0.2, 0.25) is 0 Å². The highest BCUT2D eigenvalue weighted by Crippen LogP contribution is 2.36. The SMILES string of the molecule is N#Cc1ccc(N2C(=O)CCC2C=O)cc1C(F)(F)F. The van der Waals surface area contributed by atoms with Gasteiger partial charge in [0.25, 0.3) is 0 Å². The molecule has 1 unspecified atom stereocenters. The van der Waals surface area contributed by atoms with Crippen LogP contribution < -0.4 is 4.90 Å². The molecule has 4 nitrogen and oxygen atoms in total. The number of hydrogen-bond acceptors (Lipinski definition) is 3. The molecule has 1 aromatic rings. The summed E-state index contributed by atoms with van der Waals surface area (Å²) in [4.78, 5) is 23.6. The molecule has 0 bridgehead atoms. The van der Waals surface area contributed by atoms with Crippen LogP contribution in [-0.2, 0) is 15.8 Å². The lowest BCUT2D eigenvalue weighted by molar-refractivity contribution is -0.137. The number of rotatable bonds is 2. The molecule has 20 heavy (non-hydrogen) atoms. The summed E-state index contributed by atoms with van der Waals surface area (Å²) in [7, 11) is 0. The van der Waals surface area contributed by atoms with Gasteiger partial charge in [-0.2, -0.15) is 18.4 Å². The molecular formula is C13H9F3N2O2. The van der Waals surface area contributed by atoms with Crippen molar-refractivity contribution in [3.8, 4) is 6.07 Å². The van der Waals surface area contributed by atoms with Gasteiger partial charge in [0.15, 0.2) is 0 Å². The van der Waals surface area contributed by atoms with Gasteiger partial charge in [0.05, 0.1) is 23.2 Å². The van der Waals surface area contributed by atoms with Crippen molar-refractivity contribution >= 4 is 17.9 Å². The molecule has 104 valence electrons. The van der Waals surface area contributed by atoms with Gasteiger partial charge in [-0.1, -0.05) is 0 Å². The lowest BCUT2D eigenvalue weighted by Crippen LogP contribution is -2.34. The number of amides is 1. The number of alkyl halides is 3. The Hall–Kier alpha value is -2.36. The van der Waals surface area contributed by atoms with Gasteiger partial charge in [0.1, 0.15) is 6.29 Å². The van der Waals surface area contributed by atoms with Gasteiger partial charge in [0.2, 0.25) is 5.91 Å². The van der Waals surface area contributed by atoms with Crippen molar-refractivity contribution in [2.24, 2.45) is 0 Å². The number of nitrogens with zero attached hydrogens (tertiary/aromatic N) is 2. The van der Waals surface area contributed by atoms with Gasteiger partial charge in [0, 0.05) is 12.1 Å². The summed E-state index contributed by atoms with van der Waals surface area (Å²) in [5.41, 5.74) is -1.65. The Balaban J connectivity index is 2.52. The van der Waals surface area contributed by atoms with Crippen LogP contribution in [0.1, 0.15) is 24.0 Å². The van der Waals surface area contributed by atoms with E-state index in [1.165, 1.54) is 12.1 Å². The van der Waals surface area contributed by atoms with E-state index in [-0.39, 0.29) is 18.5 Å². The van der Waals surface area contributed by atoms with Crippen LogP contribution in [0.25, 0.3) is 0 Å². The normalized spacial score (nSPS) is 19.0. The lowest BCUT2D eigenvalue weighted by atomic mass is 10.1. The van der Waals surface area contributed by atoms with E-state index >= 15 is 0 Å². The molecule has 1 amide bonds. The Labute approximate surface area is 112 Å². The van der Waals surface area contributed by atoms with Crippen molar-refractivity contribution in [1.29, 1.82) is 5.26 Å². The molecule has 0 spiro atoms. The minimum atomic E-state index is -4.69. The Morgan fingerprint density at radius 3 is 2.65 bits per heavy atom. The highest BCUT2D eigenvalue weighted by Gasteiger charge is 2.37. The second kappa shape index (κ2) is 4.96. The second-order valence-corrected chi connectivity index (χ2v) is 4.35. The summed E-state index contributed by atoms with van der Waals surface area (Å²) in [5, 5.41) is 8.70. The molecule has 1 fully saturated rings. The van der Waals surface area contributed by atoms with Crippen LogP contribution in [0, 0.1) is 11.3 Å². The van der Waals surface area contributed by atoms with Gasteiger partial charge in [-0.3, -0.25) is 4.79 Å². The first-order valence-electron chi connectivity index (χ1n) is 5.77. The maximum Gasteiger partial charge on any atom is 0.417 e. The number of carbonyl (C=O) groups excluding carboxylic acids is 2. The van der Waals surface area contributed by atoms with Crippen molar-refractivity contribution in [2.45, 2.75) is 25.1 Å². The van der Waals surface area contributed by atoms with E-state index in [0.29, 0.717) is 6.29 Å². The summed E-state index contributed by atoms with van der Waals surface area (Å²) in [6, 6.07) is 3.69. The number of benzene rings is 1. The zero-order chi connectivity index (χ0) is 14.9. The number of aldehydes is 1. The van der Waals surface area contributed by atoms with E-state index in [4.69, 9.17) is 5.26 Å². The van der Waals surface area contributed by atoms with Gasteiger partial charge in [-0.05, 0) is 24.6 Å². The van der Waals surface area contributed by atoms with Crippen molar-refractivity contribution in [3.63, 3.8) is 0 Å². The summed E-state index contributed by atoms with van der Waals surface area (Å²) < 4.78 is 38.6. The minimum absolute atomic E-state index is 0.0177. The zero-order valence-corrected chi connectivity index (χ0v) is 10.1. The molecule has 0 aromatic heterocycles. The molecule has 2 rings (SSSR count). The topological polar surface area (TPSA) is 61.2 Å². The Morgan fingerprint density at radius 2 is 2.10 bits per heavy atom. The Bertz CT molecular complexity index is 605. The molecular weight excluding hydrogens is 273 g/mol. The molecule has 1 aliphatic heterocycles. The summed E-state index contributed by atoms with van der Waals surface area (Å²) in [6.07, 6.45) is -3.76. The van der Waals surface area contributed by atoms with E-state index in [2.05, 4.69) is 0 Å². The molecule has 0 N–H and O–H groups in total. The predicted octanol–water partition coefficient (Wildman–Crippen LogP) is 2.27. The first kappa shape index (κ1) is 14.1. The standard InChI is InChI=1S/C13H9F3N2O2/c14-13(15,16)11-5-9(2-1-8(11)6-17)18-10(7-19)3-4-12(18)20/h1-2,5,7,10H,3-4H2. The third kappa shape index (κ3) is 2.37. The first-order valence-corrected chi connectivity index (χ1v) is 5.77. The fourth-order valence-electron chi connectivity index (χ4n) is 2.18. The fourth-order valence-corrected chi connectivity index (χ4v) is 2.18. The number of carbonyl (C=O) groups is 2. The van der Waals surface area contributed by atoms with Crippen LogP contribution in [0.5, 0.6) is 0 Å². The minimum Gasteiger partial charge on any atom is -0.302 e. The van der Waals surface area contributed by atoms with Gasteiger partial charge >= 0.3 is 6.18 Å². The molecule has 0 aliphatic carbocycles. The van der Waals surface area contributed by atoms with Crippen LogP contribution in [0.15, 0.2) is 18.2 Å². The lowest BCUT2D eigenvalue weighted by Gasteiger charge is -2.22. The molecule has 1 saturated heterocycles. The number of nitriles is 1. The zero-order valence-electron chi connectivity index (χ0n) is 10.1. The molecule has 1 aromatic carbocycles.